The number of aliphatic hydroxyl groups is 1. The van der Waals surface area contributed by atoms with E-state index in [4.69, 9.17) is 0 Å². The van der Waals surface area contributed by atoms with Gasteiger partial charge in [0.15, 0.2) is 0 Å². The van der Waals surface area contributed by atoms with Gasteiger partial charge in [-0.15, -0.1) is 0 Å². The number of fused-ring (bicyclic) bond motifs is 1. The van der Waals surface area contributed by atoms with Crippen molar-refractivity contribution in [1.82, 2.24) is 5.32 Å². The molecule has 0 bridgehead atoms. The van der Waals surface area contributed by atoms with Crippen molar-refractivity contribution in [2.45, 2.75) is 18.9 Å². The minimum absolute atomic E-state index is 0.0571. The summed E-state index contributed by atoms with van der Waals surface area (Å²) in [6.45, 7) is 1.27. The first-order chi connectivity index (χ1) is 10.6. The molecule has 0 aliphatic carbocycles. The number of likely N-dealkylation sites (N-methyl/N-ethyl adjacent to an activating group) is 1. The fourth-order valence-corrected chi connectivity index (χ4v) is 3.43. The molecule has 1 aromatic heterocycles. The molecular weight excluding hydrogens is 296 g/mol. The Balaban J connectivity index is 1.56. The van der Waals surface area contributed by atoms with Crippen molar-refractivity contribution >= 4 is 22.9 Å². The molecular formula is C17H20N2O2S. The van der Waals surface area contributed by atoms with Gasteiger partial charge in [0.1, 0.15) is 0 Å². The van der Waals surface area contributed by atoms with Gasteiger partial charge in [-0.2, -0.15) is 11.3 Å². The maximum atomic E-state index is 11.9. The molecule has 0 saturated carbocycles. The van der Waals surface area contributed by atoms with Gasteiger partial charge in [0.2, 0.25) is 5.91 Å². The molecule has 3 rings (SSSR count). The molecule has 0 unspecified atom stereocenters. The van der Waals surface area contributed by atoms with Crippen LogP contribution in [-0.4, -0.2) is 31.2 Å². The molecule has 1 aromatic carbocycles. The highest BCUT2D eigenvalue weighted by Crippen LogP contribution is 2.29. The van der Waals surface area contributed by atoms with E-state index in [1.165, 1.54) is 11.3 Å². The standard InChI is InChI=1S/C17H20N2O2S/c1-19-6-4-13-9-14(2-3-15(13)19)16(20)10-18-17(21)8-12-5-7-22-11-12/h2-3,5,7,9,11,16,20H,4,6,8,10H2,1H3,(H,18,21)/t16-/m1/s1. The van der Waals surface area contributed by atoms with Gasteiger partial charge in [0, 0.05) is 25.8 Å². The second-order valence-electron chi connectivity index (χ2n) is 5.69. The topological polar surface area (TPSA) is 52.6 Å². The van der Waals surface area contributed by atoms with E-state index in [-0.39, 0.29) is 12.5 Å². The fraction of sp³-hybridized carbons (Fsp3) is 0.353. The zero-order valence-corrected chi connectivity index (χ0v) is 13.4. The molecule has 1 amide bonds. The van der Waals surface area contributed by atoms with Crippen LogP contribution >= 0.6 is 11.3 Å². The highest BCUT2D eigenvalue weighted by Gasteiger charge is 2.18. The molecule has 2 aromatic rings. The summed E-state index contributed by atoms with van der Waals surface area (Å²) in [4.78, 5) is 14.1. The van der Waals surface area contributed by atoms with E-state index in [1.807, 2.05) is 29.0 Å². The van der Waals surface area contributed by atoms with Crippen molar-refractivity contribution in [2.24, 2.45) is 0 Å². The van der Waals surface area contributed by atoms with Crippen molar-refractivity contribution in [3.8, 4) is 0 Å². The number of carbonyl (C=O) groups excluding carboxylic acids is 1. The SMILES string of the molecule is CN1CCc2cc([C@H](O)CNC(=O)Cc3ccsc3)ccc21. The monoisotopic (exact) mass is 316 g/mol. The summed E-state index contributed by atoms with van der Waals surface area (Å²) in [5.41, 5.74) is 4.38. The largest absolute Gasteiger partial charge is 0.387 e. The number of aliphatic hydroxyl groups excluding tert-OH is 1. The molecule has 1 aliphatic rings. The molecule has 0 saturated heterocycles. The van der Waals surface area contributed by atoms with Gasteiger partial charge in [-0.1, -0.05) is 12.1 Å². The van der Waals surface area contributed by atoms with Gasteiger partial charge >= 0.3 is 0 Å². The maximum absolute atomic E-state index is 11.9. The normalized spacial score (nSPS) is 14.7. The van der Waals surface area contributed by atoms with Crippen molar-refractivity contribution in [3.05, 3.63) is 51.7 Å². The number of rotatable bonds is 5. The summed E-state index contributed by atoms with van der Waals surface area (Å²) >= 11 is 1.58. The highest BCUT2D eigenvalue weighted by molar-refractivity contribution is 7.07. The summed E-state index contributed by atoms with van der Waals surface area (Å²) in [5.74, 6) is -0.0571. The fourth-order valence-electron chi connectivity index (χ4n) is 2.76. The zero-order chi connectivity index (χ0) is 15.5. The van der Waals surface area contributed by atoms with Crippen molar-refractivity contribution < 1.29 is 9.90 Å². The van der Waals surface area contributed by atoms with Crippen molar-refractivity contribution in [1.29, 1.82) is 0 Å². The first-order valence-corrected chi connectivity index (χ1v) is 8.37. The van der Waals surface area contributed by atoms with Gasteiger partial charge < -0.3 is 15.3 Å². The van der Waals surface area contributed by atoms with E-state index in [1.54, 1.807) is 11.3 Å². The maximum Gasteiger partial charge on any atom is 0.224 e. The first-order valence-electron chi connectivity index (χ1n) is 7.43. The van der Waals surface area contributed by atoms with E-state index in [0.717, 1.165) is 24.1 Å². The Morgan fingerprint density at radius 1 is 1.45 bits per heavy atom. The summed E-state index contributed by atoms with van der Waals surface area (Å²) in [5, 5.41) is 17.0. The van der Waals surface area contributed by atoms with Crippen LogP contribution in [0.1, 0.15) is 22.8 Å². The Hall–Kier alpha value is -1.85. The molecule has 5 heteroatoms. The lowest BCUT2D eigenvalue weighted by Crippen LogP contribution is -2.29. The van der Waals surface area contributed by atoms with Gasteiger partial charge in [0.05, 0.1) is 12.5 Å². The van der Waals surface area contributed by atoms with E-state index in [0.29, 0.717) is 6.42 Å². The molecule has 4 nitrogen and oxygen atoms in total. The Morgan fingerprint density at radius 3 is 3.09 bits per heavy atom. The van der Waals surface area contributed by atoms with Gasteiger partial charge in [0.25, 0.3) is 0 Å². The average molecular weight is 316 g/mol. The average Bonchev–Trinajstić information content (AvgIpc) is 3.15. The van der Waals surface area contributed by atoms with Crippen LogP contribution in [0.2, 0.25) is 0 Å². The predicted octanol–water partition coefficient (Wildman–Crippen LogP) is 2.13. The predicted molar refractivity (Wildman–Crippen MR) is 89.4 cm³/mol. The van der Waals surface area contributed by atoms with Crippen LogP contribution in [0, 0.1) is 0 Å². The van der Waals surface area contributed by atoms with Crippen LogP contribution in [0.25, 0.3) is 0 Å². The lowest BCUT2D eigenvalue weighted by molar-refractivity contribution is -0.120. The minimum Gasteiger partial charge on any atom is -0.387 e. The Morgan fingerprint density at radius 2 is 2.32 bits per heavy atom. The number of benzene rings is 1. The van der Waals surface area contributed by atoms with Crippen LogP contribution in [0.15, 0.2) is 35.0 Å². The van der Waals surface area contributed by atoms with Gasteiger partial charge in [-0.05, 0) is 46.0 Å². The molecule has 1 atom stereocenters. The van der Waals surface area contributed by atoms with E-state index < -0.39 is 6.10 Å². The molecule has 2 N–H and O–H groups in total. The second-order valence-corrected chi connectivity index (χ2v) is 6.47. The Kier molecular flexibility index (Phi) is 4.45. The number of nitrogens with one attached hydrogen (secondary N) is 1. The zero-order valence-electron chi connectivity index (χ0n) is 12.6. The van der Waals surface area contributed by atoms with Crippen LogP contribution in [0.4, 0.5) is 5.69 Å². The van der Waals surface area contributed by atoms with Crippen LogP contribution < -0.4 is 10.2 Å². The highest BCUT2D eigenvalue weighted by atomic mass is 32.1. The van der Waals surface area contributed by atoms with Crippen LogP contribution in [-0.2, 0) is 17.6 Å². The van der Waals surface area contributed by atoms with Crippen LogP contribution in [0.3, 0.4) is 0 Å². The van der Waals surface area contributed by atoms with E-state index in [9.17, 15) is 9.90 Å². The smallest absolute Gasteiger partial charge is 0.224 e. The van der Waals surface area contributed by atoms with Crippen LogP contribution in [0.5, 0.6) is 0 Å². The molecule has 0 spiro atoms. The summed E-state index contributed by atoms with van der Waals surface area (Å²) < 4.78 is 0. The molecule has 22 heavy (non-hydrogen) atoms. The quantitative estimate of drug-likeness (QED) is 0.888. The molecule has 1 aliphatic heterocycles. The summed E-state index contributed by atoms with van der Waals surface area (Å²) in [7, 11) is 2.08. The number of carbonyl (C=O) groups is 1. The third-order valence-corrected chi connectivity index (χ3v) is 4.79. The lowest BCUT2D eigenvalue weighted by Gasteiger charge is -2.15. The minimum atomic E-state index is -0.664. The molecule has 116 valence electrons. The van der Waals surface area contributed by atoms with Crippen molar-refractivity contribution in [2.75, 3.05) is 25.0 Å². The molecule has 0 radical (unpaired) electrons. The Bertz CT molecular complexity index is 655. The van der Waals surface area contributed by atoms with Gasteiger partial charge in [-0.3, -0.25) is 4.79 Å². The molecule has 2 heterocycles. The number of hydrogen-bond acceptors (Lipinski definition) is 4. The van der Waals surface area contributed by atoms with E-state index in [2.05, 4.69) is 23.3 Å². The molecule has 0 fully saturated rings. The third-order valence-electron chi connectivity index (χ3n) is 4.05. The number of nitrogens with zero attached hydrogens (tertiary/aromatic N) is 1. The lowest BCUT2D eigenvalue weighted by atomic mass is 10.0. The van der Waals surface area contributed by atoms with Gasteiger partial charge in [-0.25, -0.2) is 0 Å². The number of hydrogen-bond donors (Lipinski definition) is 2. The third kappa shape index (κ3) is 3.31. The summed E-state index contributed by atoms with van der Waals surface area (Å²) in [6, 6.07) is 7.98. The van der Waals surface area contributed by atoms with Crippen molar-refractivity contribution in [3.63, 3.8) is 0 Å². The first kappa shape index (κ1) is 15.1. The number of anilines is 1. The number of amides is 1. The number of thiophene rings is 1. The second kappa shape index (κ2) is 6.50. The van der Waals surface area contributed by atoms with E-state index >= 15 is 0 Å². The Labute approximate surface area is 134 Å². The summed E-state index contributed by atoms with van der Waals surface area (Å²) in [6.07, 6.45) is 0.713.